The molecule has 54 valence electrons. The predicted octanol–water partition coefficient (Wildman–Crippen LogP) is 1.45. The molecule has 1 aliphatic rings. The molecule has 0 bridgehead atoms. The molecule has 0 aromatic heterocycles. The topological polar surface area (TPSA) is 26.0 Å². The molecule has 0 radical (unpaired) electrons. The number of hydrogen-bond donors (Lipinski definition) is 1. The van der Waals surface area contributed by atoms with Crippen LogP contribution in [-0.4, -0.2) is 6.04 Å². The first-order chi connectivity index (χ1) is 4.83. The monoisotopic (exact) mass is 135 g/mol. The maximum Gasteiger partial charge on any atom is 0.00765 e. The van der Waals surface area contributed by atoms with Gasteiger partial charge < -0.3 is 5.73 Å². The van der Waals surface area contributed by atoms with Crippen LogP contribution in [0.5, 0.6) is 0 Å². The van der Waals surface area contributed by atoms with E-state index in [1.54, 1.807) is 0 Å². The molecule has 1 aliphatic carbocycles. The lowest BCUT2D eigenvalue weighted by molar-refractivity contribution is 0.518. The molecule has 10 heavy (non-hydrogen) atoms. The summed E-state index contributed by atoms with van der Waals surface area (Å²) < 4.78 is 0. The van der Waals surface area contributed by atoms with Crippen LogP contribution in [0.1, 0.15) is 25.7 Å². The van der Waals surface area contributed by atoms with E-state index in [0.29, 0.717) is 6.04 Å². The maximum atomic E-state index is 5.75. The van der Waals surface area contributed by atoms with E-state index in [2.05, 4.69) is 5.92 Å². The highest BCUT2D eigenvalue weighted by Gasteiger charge is 2.11. The van der Waals surface area contributed by atoms with Crippen LogP contribution in [0.2, 0.25) is 0 Å². The summed E-state index contributed by atoms with van der Waals surface area (Å²) in [4.78, 5) is 0. The second kappa shape index (κ2) is 3.43. The SMILES string of the molecule is C#CC=C1CCCC(N)C1. The normalized spacial score (nSPS) is 30.0. The minimum absolute atomic E-state index is 0.355. The molecule has 0 saturated heterocycles. The second-order valence-electron chi connectivity index (χ2n) is 2.83. The molecule has 1 fully saturated rings. The standard InChI is InChI=1S/C9H13N/c1-2-4-8-5-3-6-9(10)7-8/h1,4,9H,3,5-7,10H2. The predicted molar refractivity (Wildman–Crippen MR) is 43.4 cm³/mol. The summed E-state index contributed by atoms with van der Waals surface area (Å²) in [6, 6.07) is 0.355. The van der Waals surface area contributed by atoms with Gasteiger partial charge in [0.05, 0.1) is 0 Å². The molecule has 0 aliphatic heterocycles. The highest BCUT2D eigenvalue weighted by molar-refractivity contribution is 5.19. The zero-order valence-corrected chi connectivity index (χ0v) is 6.14. The average Bonchev–Trinajstić information content (AvgIpc) is 1.88. The summed E-state index contributed by atoms with van der Waals surface area (Å²) in [6.07, 6.45) is 11.5. The molecular weight excluding hydrogens is 122 g/mol. The third kappa shape index (κ3) is 1.89. The van der Waals surface area contributed by atoms with Gasteiger partial charge in [-0.25, -0.2) is 0 Å². The third-order valence-corrected chi connectivity index (χ3v) is 1.88. The quantitative estimate of drug-likeness (QED) is 0.500. The molecule has 2 N–H and O–H groups in total. The molecule has 1 atom stereocenters. The molecule has 0 heterocycles. The largest absolute Gasteiger partial charge is 0.327 e. The van der Waals surface area contributed by atoms with Gasteiger partial charge in [0.2, 0.25) is 0 Å². The Bertz CT molecular complexity index is 174. The van der Waals surface area contributed by atoms with Crippen LogP contribution in [0.15, 0.2) is 11.6 Å². The van der Waals surface area contributed by atoms with E-state index in [4.69, 9.17) is 12.2 Å². The summed E-state index contributed by atoms with van der Waals surface area (Å²) in [6.45, 7) is 0. The number of allylic oxidation sites excluding steroid dienone is 1. The fourth-order valence-corrected chi connectivity index (χ4v) is 1.38. The Morgan fingerprint density at radius 2 is 2.50 bits per heavy atom. The van der Waals surface area contributed by atoms with Crippen LogP contribution in [-0.2, 0) is 0 Å². The van der Waals surface area contributed by atoms with Crippen LogP contribution in [0, 0.1) is 12.3 Å². The van der Waals surface area contributed by atoms with Crippen molar-refractivity contribution >= 4 is 0 Å². The number of nitrogens with two attached hydrogens (primary N) is 1. The van der Waals surface area contributed by atoms with Crippen LogP contribution in [0.3, 0.4) is 0 Å². The van der Waals surface area contributed by atoms with Gasteiger partial charge in [-0.2, -0.15) is 0 Å². The van der Waals surface area contributed by atoms with Crippen molar-refractivity contribution in [3.05, 3.63) is 11.6 Å². The summed E-state index contributed by atoms with van der Waals surface area (Å²) in [5, 5.41) is 0. The fraction of sp³-hybridized carbons (Fsp3) is 0.556. The van der Waals surface area contributed by atoms with Gasteiger partial charge in [0.1, 0.15) is 0 Å². The van der Waals surface area contributed by atoms with E-state index in [-0.39, 0.29) is 0 Å². The Hall–Kier alpha value is -0.740. The highest BCUT2D eigenvalue weighted by Crippen LogP contribution is 2.21. The van der Waals surface area contributed by atoms with Crippen molar-refractivity contribution in [3.63, 3.8) is 0 Å². The van der Waals surface area contributed by atoms with Crippen LogP contribution in [0.25, 0.3) is 0 Å². The van der Waals surface area contributed by atoms with E-state index in [1.165, 1.54) is 12.0 Å². The van der Waals surface area contributed by atoms with Crippen molar-refractivity contribution in [3.8, 4) is 12.3 Å². The number of hydrogen-bond acceptors (Lipinski definition) is 1. The Balaban J connectivity index is 2.49. The summed E-state index contributed by atoms with van der Waals surface area (Å²) in [7, 11) is 0. The van der Waals surface area contributed by atoms with Crippen LogP contribution >= 0.6 is 0 Å². The number of rotatable bonds is 0. The van der Waals surface area contributed by atoms with Crippen molar-refractivity contribution < 1.29 is 0 Å². The second-order valence-corrected chi connectivity index (χ2v) is 2.83. The molecular formula is C9H13N. The molecule has 1 unspecified atom stereocenters. The van der Waals surface area contributed by atoms with Gasteiger partial charge >= 0.3 is 0 Å². The fourth-order valence-electron chi connectivity index (χ4n) is 1.38. The lowest BCUT2D eigenvalue weighted by atomic mass is 9.91. The summed E-state index contributed by atoms with van der Waals surface area (Å²) in [5.74, 6) is 2.54. The van der Waals surface area contributed by atoms with Crippen molar-refractivity contribution in [2.24, 2.45) is 5.73 Å². The Morgan fingerprint density at radius 1 is 1.70 bits per heavy atom. The molecule has 1 heteroatoms. The first kappa shape index (κ1) is 7.37. The van der Waals surface area contributed by atoms with Crippen molar-refractivity contribution in [1.29, 1.82) is 0 Å². The zero-order valence-electron chi connectivity index (χ0n) is 6.14. The summed E-state index contributed by atoms with van der Waals surface area (Å²) >= 11 is 0. The van der Waals surface area contributed by atoms with Gasteiger partial charge in [-0.3, -0.25) is 0 Å². The van der Waals surface area contributed by atoms with E-state index >= 15 is 0 Å². The van der Waals surface area contributed by atoms with Gasteiger partial charge in [0.25, 0.3) is 0 Å². The lowest BCUT2D eigenvalue weighted by Gasteiger charge is -2.19. The molecule has 0 aromatic carbocycles. The molecule has 1 saturated carbocycles. The minimum Gasteiger partial charge on any atom is -0.327 e. The zero-order chi connectivity index (χ0) is 7.40. The summed E-state index contributed by atoms with van der Waals surface area (Å²) in [5.41, 5.74) is 7.09. The average molecular weight is 135 g/mol. The molecule has 1 rings (SSSR count). The Labute approximate surface area is 62.3 Å². The first-order valence-corrected chi connectivity index (χ1v) is 3.72. The van der Waals surface area contributed by atoms with E-state index < -0.39 is 0 Å². The van der Waals surface area contributed by atoms with Gasteiger partial charge in [0, 0.05) is 6.04 Å². The van der Waals surface area contributed by atoms with E-state index in [0.717, 1.165) is 19.3 Å². The van der Waals surface area contributed by atoms with Gasteiger partial charge in [0.15, 0.2) is 0 Å². The van der Waals surface area contributed by atoms with Gasteiger partial charge in [-0.1, -0.05) is 11.5 Å². The molecule has 0 spiro atoms. The first-order valence-electron chi connectivity index (χ1n) is 3.72. The highest BCUT2D eigenvalue weighted by atomic mass is 14.6. The van der Waals surface area contributed by atoms with Crippen molar-refractivity contribution in [1.82, 2.24) is 0 Å². The Kier molecular flexibility index (Phi) is 2.53. The van der Waals surface area contributed by atoms with Crippen LogP contribution < -0.4 is 5.73 Å². The van der Waals surface area contributed by atoms with Crippen molar-refractivity contribution in [2.75, 3.05) is 0 Å². The van der Waals surface area contributed by atoms with Crippen LogP contribution in [0.4, 0.5) is 0 Å². The van der Waals surface area contributed by atoms with Crippen molar-refractivity contribution in [2.45, 2.75) is 31.7 Å². The van der Waals surface area contributed by atoms with E-state index in [9.17, 15) is 0 Å². The van der Waals surface area contributed by atoms with Gasteiger partial charge in [-0.15, -0.1) is 6.42 Å². The molecule has 0 aromatic rings. The molecule has 0 amide bonds. The maximum absolute atomic E-state index is 5.75. The van der Waals surface area contributed by atoms with E-state index in [1.807, 2.05) is 6.08 Å². The third-order valence-electron chi connectivity index (χ3n) is 1.88. The molecule has 1 nitrogen and oxygen atoms in total. The lowest BCUT2D eigenvalue weighted by Crippen LogP contribution is -2.23. The minimum atomic E-state index is 0.355. The smallest absolute Gasteiger partial charge is 0.00765 e. The Morgan fingerprint density at radius 3 is 3.10 bits per heavy atom. The number of terminal acetylenes is 1. The van der Waals surface area contributed by atoms with Gasteiger partial charge in [-0.05, 0) is 31.8 Å².